The Bertz CT molecular complexity index is 1160. The molecule has 1 aromatic heterocycles. The Balaban J connectivity index is 1.44. The predicted octanol–water partition coefficient (Wildman–Crippen LogP) is 4.81. The van der Waals surface area contributed by atoms with Crippen molar-refractivity contribution in [1.29, 1.82) is 0 Å². The van der Waals surface area contributed by atoms with Crippen LogP contribution in [0.3, 0.4) is 0 Å². The van der Waals surface area contributed by atoms with Crippen molar-refractivity contribution < 1.29 is 4.79 Å². The van der Waals surface area contributed by atoms with Crippen LogP contribution in [0.15, 0.2) is 52.7 Å². The summed E-state index contributed by atoms with van der Waals surface area (Å²) in [5.41, 5.74) is 4.76. The Labute approximate surface area is 189 Å². The zero-order valence-electron chi connectivity index (χ0n) is 16.6. The molecule has 0 bridgehead atoms. The van der Waals surface area contributed by atoms with Crippen LogP contribution in [0.25, 0.3) is 27.3 Å². The molecule has 2 aromatic carbocycles. The molecule has 0 unspecified atom stereocenters. The Morgan fingerprint density at radius 1 is 1.07 bits per heavy atom. The number of amides is 1. The molecule has 2 aliphatic rings. The summed E-state index contributed by atoms with van der Waals surface area (Å²) in [5.74, 6) is -0.116. The molecule has 30 heavy (non-hydrogen) atoms. The number of carbonyl (C=O) groups excluding carboxylic acids is 1. The molecule has 2 fully saturated rings. The van der Waals surface area contributed by atoms with E-state index in [1.54, 1.807) is 11.3 Å². The summed E-state index contributed by atoms with van der Waals surface area (Å²) in [6, 6.07) is 15.3. The minimum Gasteiger partial charge on any atom is -0.369 e. The lowest BCUT2D eigenvalue weighted by molar-refractivity contribution is -0.115. The first-order valence-electron chi connectivity index (χ1n) is 9.87. The van der Waals surface area contributed by atoms with Gasteiger partial charge in [0.15, 0.2) is 0 Å². The van der Waals surface area contributed by atoms with Crippen molar-refractivity contribution in [2.24, 2.45) is 0 Å². The summed E-state index contributed by atoms with van der Waals surface area (Å²) in [6.45, 7) is 4.36. The first-order chi connectivity index (χ1) is 14.6. The number of nitrogens with one attached hydrogen (secondary N) is 1. The second kappa shape index (κ2) is 8.15. The third-order valence-corrected chi connectivity index (χ3v) is 7.71. The Hall–Kier alpha value is -2.19. The molecule has 152 valence electrons. The van der Waals surface area contributed by atoms with E-state index in [0.717, 1.165) is 31.7 Å². The van der Waals surface area contributed by atoms with Crippen molar-refractivity contribution in [3.8, 4) is 11.1 Å². The average Bonchev–Trinajstić information content (AvgIpc) is 3.31. The van der Waals surface area contributed by atoms with Gasteiger partial charge in [0.1, 0.15) is 4.32 Å². The number of anilines is 1. The van der Waals surface area contributed by atoms with Crippen LogP contribution in [-0.2, 0) is 4.79 Å². The number of thioether (sulfide) groups is 1. The van der Waals surface area contributed by atoms with Crippen LogP contribution in [0.4, 0.5) is 5.69 Å². The van der Waals surface area contributed by atoms with E-state index >= 15 is 0 Å². The standard InChI is InChI=1S/C23H21N3OS3/c1-25-8-10-26(11-9-25)17-5-3-16(4-6-17)19-14-29-20-7-2-15(12-18(19)20)13-21-22(27)24-23(28)30-21/h2-7,12-14H,8-11H2,1H3,(H,24,27,28)/b21-13-. The summed E-state index contributed by atoms with van der Waals surface area (Å²) in [5, 5.41) is 6.11. The third kappa shape index (κ3) is 3.90. The fourth-order valence-electron chi connectivity index (χ4n) is 3.85. The third-order valence-electron chi connectivity index (χ3n) is 5.58. The van der Waals surface area contributed by atoms with Gasteiger partial charge in [-0.25, -0.2) is 0 Å². The van der Waals surface area contributed by atoms with Crippen molar-refractivity contribution in [2.45, 2.75) is 0 Å². The average molecular weight is 452 g/mol. The largest absolute Gasteiger partial charge is 0.369 e. The van der Waals surface area contributed by atoms with Gasteiger partial charge in [-0.05, 0) is 53.9 Å². The fraction of sp³-hybridized carbons (Fsp3) is 0.217. The lowest BCUT2D eigenvalue weighted by Crippen LogP contribution is -2.44. The first-order valence-corrected chi connectivity index (χ1v) is 12.0. The number of benzene rings is 2. The zero-order valence-corrected chi connectivity index (χ0v) is 19.0. The molecule has 2 aliphatic heterocycles. The summed E-state index contributed by atoms with van der Waals surface area (Å²) in [4.78, 5) is 17.4. The minimum absolute atomic E-state index is 0.116. The molecular weight excluding hydrogens is 430 g/mol. The lowest BCUT2D eigenvalue weighted by Gasteiger charge is -2.34. The Kier molecular flexibility index (Phi) is 5.37. The second-order valence-corrected chi connectivity index (χ2v) is 10.2. The molecule has 3 heterocycles. The summed E-state index contributed by atoms with van der Waals surface area (Å²) in [6.07, 6.45) is 1.91. The number of hydrogen-bond donors (Lipinski definition) is 1. The molecule has 1 N–H and O–H groups in total. The molecule has 4 nitrogen and oxygen atoms in total. The maximum Gasteiger partial charge on any atom is 0.263 e. The molecule has 3 aromatic rings. The van der Waals surface area contributed by atoms with Crippen LogP contribution in [0.5, 0.6) is 0 Å². The SMILES string of the molecule is CN1CCN(c2ccc(-c3csc4ccc(/C=C5\SC(=S)NC5=O)cc34)cc2)CC1. The summed E-state index contributed by atoms with van der Waals surface area (Å²) < 4.78 is 1.76. The van der Waals surface area contributed by atoms with E-state index in [2.05, 4.69) is 70.0 Å². The number of piperazine rings is 1. The van der Waals surface area contributed by atoms with Gasteiger partial charge in [-0.3, -0.25) is 4.79 Å². The highest BCUT2D eigenvalue weighted by Crippen LogP contribution is 2.36. The summed E-state index contributed by atoms with van der Waals surface area (Å²) >= 11 is 8.16. The van der Waals surface area contributed by atoms with Crippen molar-refractivity contribution in [3.63, 3.8) is 0 Å². The number of carbonyl (C=O) groups is 1. The highest BCUT2D eigenvalue weighted by molar-refractivity contribution is 8.26. The Morgan fingerprint density at radius 3 is 2.53 bits per heavy atom. The van der Waals surface area contributed by atoms with E-state index < -0.39 is 0 Å². The molecule has 0 aliphatic carbocycles. The second-order valence-electron chi connectivity index (χ2n) is 7.59. The number of fused-ring (bicyclic) bond motifs is 1. The van der Waals surface area contributed by atoms with Gasteiger partial charge in [0, 0.05) is 47.5 Å². The van der Waals surface area contributed by atoms with E-state index in [-0.39, 0.29) is 5.91 Å². The monoisotopic (exact) mass is 451 g/mol. The van der Waals surface area contributed by atoms with Crippen molar-refractivity contribution in [1.82, 2.24) is 10.2 Å². The quantitative estimate of drug-likeness (QED) is 0.457. The smallest absolute Gasteiger partial charge is 0.263 e. The van der Waals surface area contributed by atoms with Crippen LogP contribution in [0.2, 0.25) is 0 Å². The van der Waals surface area contributed by atoms with Crippen LogP contribution in [0.1, 0.15) is 5.56 Å². The predicted molar refractivity (Wildman–Crippen MR) is 133 cm³/mol. The van der Waals surface area contributed by atoms with E-state index in [1.807, 2.05) is 6.08 Å². The van der Waals surface area contributed by atoms with E-state index in [0.29, 0.717) is 9.23 Å². The van der Waals surface area contributed by atoms with E-state index in [9.17, 15) is 4.79 Å². The van der Waals surface area contributed by atoms with Gasteiger partial charge in [-0.1, -0.05) is 42.2 Å². The molecule has 0 saturated carbocycles. The van der Waals surface area contributed by atoms with Crippen LogP contribution in [-0.4, -0.2) is 48.4 Å². The van der Waals surface area contributed by atoms with Gasteiger partial charge in [0.25, 0.3) is 5.91 Å². The maximum atomic E-state index is 12.0. The highest BCUT2D eigenvalue weighted by Gasteiger charge is 2.22. The van der Waals surface area contributed by atoms with Gasteiger partial charge in [-0.2, -0.15) is 0 Å². The minimum atomic E-state index is -0.116. The van der Waals surface area contributed by atoms with Crippen LogP contribution < -0.4 is 10.2 Å². The normalized spacial score (nSPS) is 19.1. The van der Waals surface area contributed by atoms with E-state index in [4.69, 9.17) is 12.2 Å². The van der Waals surface area contributed by atoms with Gasteiger partial charge in [-0.15, -0.1) is 11.3 Å². The highest BCUT2D eigenvalue weighted by atomic mass is 32.2. The van der Waals surface area contributed by atoms with Gasteiger partial charge < -0.3 is 15.1 Å². The van der Waals surface area contributed by atoms with Crippen LogP contribution in [0, 0.1) is 0 Å². The number of nitrogens with zero attached hydrogens (tertiary/aromatic N) is 2. The van der Waals surface area contributed by atoms with Gasteiger partial charge in [0.2, 0.25) is 0 Å². The zero-order chi connectivity index (χ0) is 20.7. The van der Waals surface area contributed by atoms with Crippen molar-refractivity contribution in [3.05, 3.63) is 58.3 Å². The fourth-order valence-corrected chi connectivity index (χ4v) is 5.84. The van der Waals surface area contributed by atoms with Gasteiger partial charge in [0.05, 0.1) is 4.91 Å². The number of thiocarbonyl (C=S) groups is 1. The number of hydrogen-bond acceptors (Lipinski definition) is 6. The number of thiophene rings is 1. The van der Waals surface area contributed by atoms with Crippen molar-refractivity contribution >= 4 is 67.4 Å². The van der Waals surface area contributed by atoms with Crippen molar-refractivity contribution in [2.75, 3.05) is 38.1 Å². The molecule has 5 rings (SSSR count). The number of rotatable bonds is 3. The molecule has 0 radical (unpaired) electrons. The topological polar surface area (TPSA) is 35.6 Å². The molecule has 1 amide bonds. The van der Waals surface area contributed by atoms with Gasteiger partial charge >= 0.3 is 0 Å². The molecule has 2 saturated heterocycles. The summed E-state index contributed by atoms with van der Waals surface area (Å²) in [7, 11) is 2.18. The molecular formula is C23H21N3OS3. The Morgan fingerprint density at radius 2 is 1.83 bits per heavy atom. The van der Waals surface area contributed by atoms with Crippen LogP contribution >= 0.6 is 35.3 Å². The lowest BCUT2D eigenvalue weighted by atomic mass is 10.0. The maximum absolute atomic E-state index is 12.0. The molecule has 0 atom stereocenters. The molecule has 0 spiro atoms. The number of likely N-dealkylation sites (N-methyl/N-ethyl adjacent to an activating group) is 1. The first kappa shape index (κ1) is 19.8. The molecule has 7 heteroatoms. The van der Waals surface area contributed by atoms with E-state index in [1.165, 1.54) is 38.7 Å².